The van der Waals surface area contributed by atoms with Gasteiger partial charge in [0, 0.05) is 16.7 Å². The van der Waals surface area contributed by atoms with Crippen molar-refractivity contribution in [1.29, 1.82) is 0 Å². The van der Waals surface area contributed by atoms with Gasteiger partial charge >= 0.3 is 11.9 Å². The number of carbonyl (C=O) groups excluding carboxylic acids is 1. The number of carboxylic acids is 2. The molecular weight excluding hydrogens is 396 g/mol. The van der Waals surface area contributed by atoms with E-state index in [1.165, 1.54) is 0 Å². The highest BCUT2D eigenvalue weighted by atomic mass is 16.4. The summed E-state index contributed by atoms with van der Waals surface area (Å²) in [7, 11) is 0. The molecule has 0 aromatic rings. The number of Topliss-reactive ketones (excluding diaryl/α,β-unsaturated/α-hetero) is 1. The Bertz CT molecular complexity index is 950. The molecule has 6 heteroatoms. The van der Waals surface area contributed by atoms with Crippen molar-refractivity contribution in [1.82, 2.24) is 0 Å². The fourth-order valence-corrected chi connectivity index (χ4v) is 9.24. The summed E-state index contributed by atoms with van der Waals surface area (Å²) in [6, 6.07) is 0. The van der Waals surface area contributed by atoms with E-state index in [1.54, 1.807) is 6.92 Å². The van der Waals surface area contributed by atoms with Crippen molar-refractivity contribution >= 4 is 17.7 Å². The lowest BCUT2D eigenvalue weighted by atomic mass is 9.30. The van der Waals surface area contributed by atoms with E-state index >= 15 is 0 Å². The van der Waals surface area contributed by atoms with Gasteiger partial charge in [0.2, 0.25) is 0 Å². The van der Waals surface area contributed by atoms with Crippen LogP contribution in [0, 0.1) is 45.3 Å². The Morgan fingerprint density at radius 1 is 1.00 bits per heavy atom. The number of ketones is 1. The Balaban J connectivity index is 1.82. The van der Waals surface area contributed by atoms with Crippen LogP contribution in [0.2, 0.25) is 0 Å². The number of aliphatic carboxylic acids is 2. The van der Waals surface area contributed by atoms with E-state index in [-0.39, 0.29) is 29.5 Å². The molecule has 0 saturated heterocycles. The summed E-state index contributed by atoms with van der Waals surface area (Å²) < 4.78 is 0. The summed E-state index contributed by atoms with van der Waals surface area (Å²) in [5.41, 5.74) is -1.64. The number of aliphatic hydroxyl groups excluding tert-OH is 1. The minimum absolute atomic E-state index is 0.0879. The van der Waals surface area contributed by atoms with E-state index in [4.69, 9.17) is 0 Å². The maximum Gasteiger partial charge on any atom is 0.308 e. The van der Waals surface area contributed by atoms with Gasteiger partial charge in [0.15, 0.2) is 0 Å². The minimum atomic E-state index is -1.11. The molecule has 2 spiro atoms. The molecule has 3 saturated carbocycles. The highest BCUT2D eigenvalue weighted by Crippen LogP contribution is 2.79. The lowest BCUT2D eigenvalue weighted by Gasteiger charge is -2.72. The van der Waals surface area contributed by atoms with Gasteiger partial charge in [-0.3, -0.25) is 14.4 Å². The van der Waals surface area contributed by atoms with Crippen LogP contribution in [0.3, 0.4) is 0 Å². The molecule has 31 heavy (non-hydrogen) atoms. The molecule has 6 aliphatic carbocycles. The monoisotopic (exact) mass is 428 g/mol. The largest absolute Gasteiger partial charge is 0.481 e. The maximum absolute atomic E-state index is 12.8. The second kappa shape index (κ2) is 6.09. The number of carbonyl (C=O) groups is 3. The first-order chi connectivity index (χ1) is 14.5. The van der Waals surface area contributed by atoms with Crippen LogP contribution in [0.1, 0.15) is 59.3 Å². The Labute approximate surface area is 182 Å². The van der Waals surface area contributed by atoms with E-state index < -0.39 is 46.1 Å². The van der Waals surface area contributed by atoms with Crippen molar-refractivity contribution < 1.29 is 29.7 Å². The predicted octanol–water partition coefficient (Wildman–Crippen LogP) is 3.45. The number of carboxylic acid groups (broad SMARTS) is 2. The molecule has 2 bridgehead atoms. The lowest BCUT2D eigenvalue weighted by Crippen LogP contribution is -2.70. The van der Waals surface area contributed by atoms with Gasteiger partial charge in [-0.25, -0.2) is 0 Å². The third kappa shape index (κ3) is 2.15. The SMILES string of the molecule is CC(=O)[C@H]1CC[C@@H]2[C@]1(C)CC=C1[C@@]23C=C[C@@]2(C[C@H](O)CC[C@@]12C)[C@H](C(=O)O)[C@H]3C(=O)O. The van der Waals surface area contributed by atoms with E-state index in [0.717, 1.165) is 18.4 Å². The molecule has 0 amide bonds. The van der Waals surface area contributed by atoms with Gasteiger partial charge in [-0.05, 0) is 62.2 Å². The van der Waals surface area contributed by atoms with Crippen LogP contribution in [0.5, 0.6) is 0 Å². The number of hydrogen-bond donors (Lipinski definition) is 3. The zero-order valence-corrected chi connectivity index (χ0v) is 18.4. The number of hydrogen-bond acceptors (Lipinski definition) is 4. The van der Waals surface area contributed by atoms with Crippen LogP contribution in [-0.4, -0.2) is 39.1 Å². The molecule has 3 N–H and O–H groups in total. The van der Waals surface area contributed by atoms with E-state index in [2.05, 4.69) is 19.9 Å². The summed E-state index contributed by atoms with van der Waals surface area (Å²) >= 11 is 0. The van der Waals surface area contributed by atoms with Crippen molar-refractivity contribution in [3.8, 4) is 0 Å². The molecule has 0 aromatic heterocycles. The Kier molecular flexibility index (Phi) is 4.11. The number of aliphatic hydroxyl groups is 1. The smallest absolute Gasteiger partial charge is 0.308 e. The van der Waals surface area contributed by atoms with Gasteiger partial charge in [0.25, 0.3) is 0 Å². The van der Waals surface area contributed by atoms with Crippen molar-refractivity contribution in [3.05, 3.63) is 23.8 Å². The van der Waals surface area contributed by atoms with Crippen molar-refractivity contribution in [2.45, 2.75) is 65.4 Å². The Morgan fingerprint density at radius 2 is 1.68 bits per heavy atom. The van der Waals surface area contributed by atoms with Crippen molar-refractivity contribution in [3.63, 3.8) is 0 Å². The summed E-state index contributed by atoms with van der Waals surface area (Å²) in [6.07, 6.45) is 9.16. The van der Waals surface area contributed by atoms with Gasteiger partial charge in [0.05, 0.1) is 17.9 Å². The van der Waals surface area contributed by atoms with Gasteiger partial charge in [-0.15, -0.1) is 0 Å². The normalized spacial score (nSPS) is 52.0. The number of allylic oxidation sites excluding steroid dienone is 4. The van der Waals surface area contributed by atoms with Crippen molar-refractivity contribution in [2.24, 2.45) is 45.3 Å². The standard InChI is InChI=1S/C25H32O6/c1-13(26)15-4-5-16-22(15,2)8-7-17-23(3)9-6-14(27)12-24(23)10-11-25(16,17)19(21(30)31)18(24)20(28)29/h7,10-11,14-16,18-19,27H,4-6,8-9,12H2,1-3H3,(H,28,29)(H,30,31)/t14-,15-,16-,18+,19+,22-,23+,24-,25-/m1/s1. The second-order valence-corrected chi connectivity index (χ2v) is 11.3. The highest BCUT2D eigenvalue weighted by Gasteiger charge is 2.77. The van der Waals surface area contributed by atoms with Crippen molar-refractivity contribution in [2.75, 3.05) is 0 Å². The van der Waals surface area contributed by atoms with Gasteiger partial charge in [-0.1, -0.05) is 37.6 Å². The molecule has 0 aromatic carbocycles. The third-order valence-corrected chi connectivity index (χ3v) is 10.4. The number of fused-ring (bicyclic) bond motifs is 2. The molecule has 6 rings (SSSR count). The molecule has 6 nitrogen and oxygen atoms in total. The maximum atomic E-state index is 12.8. The predicted molar refractivity (Wildman–Crippen MR) is 112 cm³/mol. The summed E-state index contributed by atoms with van der Waals surface area (Å²) in [6.45, 7) is 5.82. The average molecular weight is 429 g/mol. The first-order valence-corrected chi connectivity index (χ1v) is 11.5. The third-order valence-electron chi connectivity index (χ3n) is 10.4. The number of rotatable bonds is 3. The molecule has 0 heterocycles. The first-order valence-electron chi connectivity index (χ1n) is 11.5. The van der Waals surface area contributed by atoms with Crippen LogP contribution in [0.25, 0.3) is 0 Å². The highest BCUT2D eigenvalue weighted by molar-refractivity contribution is 5.86. The molecule has 3 fully saturated rings. The summed E-state index contributed by atoms with van der Waals surface area (Å²) in [5, 5.41) is 31.4. The van der Waals surface area contributed by atoms with Crippen LogP contribution < -0.4 is 0 Å². The molecule has 0 radical (unpaired) electrons. The lowest BCUT2D eigenvalue weighted by molar-refractivity contribution is -0.195. The van der Waals surface area contributed by atoms with Gasteiger partial charge < -0.3 is 15.3 Å². The van der Waals surface area contributed by atoms with Crippen LogP contribution >= 0.6 is 0 Å². The van der Waals surface area contributed by atoms with E-state index in [0.29, 0.717) is 19.3 Å². The summed E-state index contributed by atoms with van der Waals surface area (Å²) in [5.74, 6) is -4.47. The fourth-order valence-electron chi connectivity index (χ4n) is 9.24. The van der Waals surface area contributed by atoms with E-state index in [1.807, 2.05) is 12.2 Å². The Hall–Kier alpha value is -1.95. The van der Waals surface area contributed by atoms with E-state index in [9.17, 15) is 29.7 Å². The van der Waals surface area contributed by atoms with Gasteiger partial charge in [-0.2, -0.15) is 0 Å². The quantitative estimate of drug-likeness (QED) is 0.594. The zero-order chi connectivity index (χ0) is 22.6. The average Bonchev–Trinajstić information content (AvgIpc) is 3.04. The molecule has 9 atom stereocenters. The van der Waals surface area contributed by atoms with Crippen LogP contribution in [0.4, 0.5) is 0 Å². The molecule has 0 aliphatic heterocycles. The van der Waals surface area contributed by atoms with Crippen LogP contribution in [-0.2, 0) is 14.4 Å². The van der Waals surface area contributed by atoms with Crippen LogP contribution in [0.15, 0.2) is 23.8 Å². The molecule has 6 aliphatic rings. The first kappa shape index (κ1) is 20.9. The second-order valence-electron chi connectivity index (χ2n) is 11.3. The molecule has 0 unspecified atom stereocenters. The van der Waals surface area contributed by atoms with Gasteiger partial charge in [0.1, 0.15) is 5.78 Å². The summed E-state index contributed by atoms with van der Waals surface area (Å²) in [4.78, 5) is 38.0. The fraction of sp³-hybridized carbons (Fsp3) is 0.720. The molecular formula is C25H32O6. The minimum Gasteiger partial charge on any atom is -0.481 e. The Morgan fingerprint density at radius 3 is 2.29 bits per heavy atom. The zero-order valence-electron chi connectivity index (χ0n) is 18.4. The topological polar surface area (TPSA) is 112 Å². The molecule has 168 valence electrons.